The van der Waals surface area contributed by atoms with Gasteiger partial charge in [-0.3, -0.25) is 0 Å². The van der Waals surface area contributed by atoms with Gasteiger partial charge in [-0.2, -0.15) is 0 Å². The molecule has 1 fully saturated rings. The van der Waals surface area contributed by atoms with E-state index in [1.807, 2.05) is 6.26 Å². The fourth-order valence-electron chi connectivity index (χ4n) is 1.74. The molecule has 1 N–H and O–H groups in total. The third-order valence-electron chi connectivity index (χ3n) is 2.98. The molecule has 3 heteroatoms. The lowest BCUT2D eigenvalue weighted by atomic mass is 9.96. The van der Waals surface area contributed by atoms with Crippen molar-refractivity contribution in [3.63, 3.8) is 0 Å². The number of hydrogen-bond acceptors (Lipinski definition) is 3. The minimum Gasteiger partial charge on any atom is -0.467 e. The molecule has 1 aliphatic carbocycles. The highest BCUT2D eigenvalue weighted by atomic mass is 16.5. The van der Waals surface area contributed by atoms with Crippen LogP contribution in [0.5, 0.6) is 0 Å². The van der Waals surface area contributed by atoms with E-state index < -0.39 is 0 Å². The Balaban J connectivity index is 1.68. The van der Waals surface area contributed by atoms with Gasteiger partial charge in [-0.1, -0.05) is 6.92 Å². The first-order valence-electron chi connectivity index (χ1n) is 6.27. The maximum absolute atomic E-state index is 5.69. The Morgan fingerprint density at radius 2 is 2.38 bits per heavy atom. The van der Waals surface area contributed by atoms with E-state index in [-0.39, 0.29) is 0 Å². The first kappa shape index (κ1) is 11.7. The number of nitrogens with one attached hydrogen (secondary N) is 1. The summed E-state index contributed by atoms with van der Waals surface area (Å²) in [7, 11) is 0. The van der Waals surface area contributed by atoms with Gasteiger partial charge in [-0.25, -0.2) is 0 Å². The largest absolute Gasteiger partial charge is 0.467 e. The third-order valence-corrected chi connectivity index (χ3v) is 2.98. The van der Waals surface area contributed by atoms with Crippen LogP contribution < -0.4 is 5.32 Å². The van der Waals surface area contributed by atoms with Gasteiger partial charge < -0.3 is 14.5 Å². The highest BCUT2D eigenvalue weighted by Gasteiger charge is 2.18. The van der Waals surface area contributed by atoms with Crippen molar-refractivity contribution < 1.29 is 9.15 Å². The Morgan fingerprint density at radius 3 is 3.06 bits per heavy atom. The van der Waals surface area contributed by atoms with Crippen LogP contribution in [0.4, 0.5) is 0 Å². The second-order valence-corrected chi connectivity index (χ2v) is 4.46. The smallest absolute Gasteiger partial charge is 0.129 e. The van der Waals surface area contributed by atoms with E-state index in [9.17, 15) is 0 Å². The highest BCUT2D eigenvalue weighted by molar-refractivity contribution is 5.12. The van der Waals surface area contributed by atoms with Crippen molar-refractivity contribution in [3.05, 3.63) is 23.7 Å². The van der Waals surface area contributed by atoms with Crippen molar-refractivity contribution in [1.29, 1.82) is 0 Å². The topological polar surface area (TPSA) is 34.4 Å². The summed E-state index contributed by atoms with van der Waals surface area (Å²) in [5.74, 6) is 0.945. The zero-order valence-corrected chi connectivity index (χ0v) is 10.00. The number of furan rings is 1. The Morgan fingerprint density at radius 1 is 1.50 bits per heavy atom. The van der Waals surface area contributed by atoms with Crippen molar-refractivity contribution in [2.75, 3.05) is 6.54 Å². The summed E-state index contributed by atoms with van der Waals surface area (Å²) in [5.41, 5.74) is 1.21. The van der Waals surface area contributed by atoms with E-state index >= 15 is 0 Å². The second-order valence-electron chi connectivity index (χ2n) is 4.46. The van der Waals surface area contributed by atoms with E-state index in [1.54, 1.807) is 0 Å². The van der Waals surface area contributed by atoms with Gasteiger partial charge in [0.2, 0.25) is 0 Å². The molecular formula is C13H21NO2. The number of hydrogen-bond donors (Lipinski definition) is 1. The average Bonchev–Trinajstić information content (AvgIpc) is 2.64. The van der Waals surface area contributed by atoms with Gasteiger partial charge in [0.15, 0.2) is 0 Å². The average molecular weight is 223 g/mol. The molecule has 0 spiro atoms. The first-order chi connectivity index (χ1) is 7.88. The molecule has 0 aromatic carbocycles. The summed E-state index contributed by atoms with van der Waals surface area (Å²) in [4.78, 5) is 0. The van der Waals surface area contributed by atoms with E-state index in [1.165, 1.54) is 24.8 Å². The van der Waals surface area contributed by atoms with Gasteiger partial charge in [0.05, 0.1) is 12.4 Å². The van der Waals surface area contributed by atoms with Crippen LogP contribution in [0.15, 0.2) is 16.7 Å². The van der Waals surface area contributed by atoms with Crippen LogP contribution in [0.3, 0.4) is 0 Å². The lowest BCUT2D eigenvalue weighted by molar-refractivity contribution is -0.0157. The van der Waals surface area contributed by atoms with E-state index in [0.717, 1.165) is 25.3 Å². The van der Waals surface area contributed by atoms with Crippen molar-refractivity contribution in [1.82, 2.24) is 5.32 Å². The van der Waals surface area contributed by atoms with Crippen LogP contribution in [0.25, 0.3) is 0 Å². The Labute approximate surface area is 97.2 Å². The predicted octanol–water partition coefficient (Wildman–Crippen LogP) is 2.85. The molecule has 0 radical (unpaired) electrons. The van der Waals surface area contributed by atoms with Gasteiger partial charge in [0.1, 0.15) is 12.4 Å². The molecule has 2 rings (SSSR count). The van der Waals surface area contributed by atoms with E-state index in [4.69, 9.17) is 9.15 Å². The molecule has 1 aromatic heterocycles. The monoisotopic (exact) mass is 223 g/mol. The minimum absolute atomic E-state index is 0.478. The highest BCUT2D eigenvalue weighted by Crippen LogP contribution is 2.23. The van der Waals surface area contributed by atoms with Crippen molar-refractivity contribution >= 4 is 0 Å². The molecule has 0 atom stereocenters. The molecule has 16 heavy (non-hydrogen) atoms. The zero-order chi connectivity index (χ0) is 11.2. The summed E-state index contributed by atoms with van der Waals surface area (Å²) in [5, 5.41) is 3.35. The summed E-state index contributed by atoms with van der Waals surface area (Å²) < 4.78 is 11.1. The molecule has 0 saturated heterocycles. The Hall–Kier alpha value is -0.800. The summed E-state index contributed by atoms with van der Waals surface area (Å²) in [6.45, 7) is 4.73. The van der Waals surface area contributed by atoms with Gasteiger partial charge >= 0.3 is 0 Å². The second kappa shape index (κ2) is 6.06. The standard InChI is InChI=1S/C13H21NO2/c1-2-6-14-8-11-7-13(15-9-11)10-16-12-4-3-5-12/h7,9,12,14H,2-6,8,10H2,1H3. The van der Waals surface area contributed by atoms with Gasteiger partial charge in [-0.15, -0.1) is 0 Å². The molecule has 1 aromatic rings. The van der Waals surface area contributed by atoms with Crippen LogP contribution in [0.1, 0.15) is 43.9 Å². The fourth-order valence-corrected chi connectivity index (χ4v) is 1.74. The predicted molar refractivity (Wildman–Crippen MR) is 63.1 cm³/mol. The molecule has 1 aliphatic rings. The molecule has 0 aliphatic heterocycles. The van der Waals surface area contributed by atoms with Crippen LogP contribution in [0, 0.1) is 0 Å². The lowest BCUT2D eigenvalue weighted by Crippen LogP contribution is -2.21. The molecule has 0 amide bonds. The molecule has 1 saturated carbocycles. The third kappa shape index (κ3) is 3.35. The Kier molecular flexibility index (Phi) is 4.43. The van der Waals surface area contributed by atoms with Gasteiger partial charge in [0.25, 0.3) is 0 Å². The van der Waals surface area contributed by atoms with Crippen LogP contribution in [-0.2, 0) is 17.9 Å². The van der Waals surface area contributed by atoms with Crippen molar-refractivity contribution in [2.45, 2.75) is 51.9 Å². The first-order valence-corrected chi connectivity index (χ1v) is 6.27. The number of ether oxygens (including phenoxy) is 1. The molecule has 3 nitrogen and oxygen atoms in total. The van der Waals surface area contributed by atoms with Crippen LogP contribution in [0.2, 0.25) is 0 Å². The summed E-state index contributed by atoms with van der Waals surface area (Å²) >= 11 is 0. The SMILES string of the molecule is CCCNCc1coc(COC2CCC2)c1. The normalized spacial score (nSPS) is 16.3. The number of rotatable bonds is 7. The van der Waals surface area contributed by atoms with E-state index in [2.05, 4.69) is 18.3 Å². The minimum atomic E-state index is 0.478. The fraction of sp³-hybridized carbons (Fsp3) is 0.692. The summed E-state index contributed by atoms with van der Waals surface area (Å²) in [6.07, 6.45) is 7.20. The molecule has 0 bridgehead atoms. The lowest BCUT2D eigenvalue weighted by Gasteiger charge is -2.24. The Bertz CT molecular complexity index is 305. The summed E-state index contributed by atoms with van der Waals surface area (Å²) in [6, 6.07) is 2.08. The van der Waals surface area contributed by atoms with Gasteiger partial charge in [0, 0.05) is 12.1 Å². The maximum Gasteiger partial charge on any atom is 0.129 e. The molecule has 1 heterocycles. The molecular weight excluding hydrogens is 202 g/mol. The van der Waals surface area contributed by atoms with Crippen molar-refractivity contribution in [3.8, 4) is 0 Å². The zero-order valence-electron chi connectivity index (χ0n) is 10.00. The molecule has 0 unspecified atom stereocenters. The quantitative estimate of drug-likeness (QED) is 0.722. The van der Waals surface area contributed by atoms with Crippen LogP contribution >= 0.6 is 0 Å². The van der Waals surface area contributed by atoms with Crippen molar-refractivity contribution in [2.24, 2.45) is 0 Å². The van der Waals surface area contributed by atoms with Gasteiger partial charge in [-0.05, 0) is 38.3 Å². The maximum atomic E-state index is 5.69. The molecule has 90 valence electrons. The van der Waals surface area contributed by atoms with Crippen LogP contribution in [-0.4, -0.2) is 12.6 Å². The van der Waals surface area contributed by atoms with E-state index in [0.29, 0.717) is 12.7 Å².